The van der Waals surface area contributed by atoms with Crippen LogP contribution in [0, 0.1) is 0 Å². The molecule has 0 fully saturated rings. The number of nitrogens with zero attached hydrogens (tertiary/aromatic N) is 1. The SMILES string of the molecule is CCC(CC)(Nc1ccc(-c2ccc(C(C)(C)C)cc2)cc1)c1ccccc1N(c1ccccc1)c1ccccc1. The molecule has 0 saturated heterocycles. The molecule has 2 heteroatoms. The number of para-hydroxylation sites is 3. The summed E-state index contributed by atoms with van der Waals surface area (Å²) in [5.74, 6) is 0. The van der Waals surface area contributed by atoms with Gasteiger partial charge in [0, 0.05) is 22.6 Å². The van der Waals surface area contributed by atoms with Gasteiger partial charge in [0.15, 0.2) is 0 Å². The van der Waals surface area contributed by atoms with Crippen molar-refractivity contribution in [2.45, 2.75) is 58.4 Å². The number of anilines is 4. The summed E-state index contributed by atoms with van der Waals surface area (Å²) < 4.78 is 0. The summed E-state index contributed by atoms with van der Waals surface area (Å²) in [5, 5.41) is 3.99. The zero-order valence-corrected chi connectivity index (χ0v) is 25.1. The van der Waals surface area contributed by atoms with Crippen LogP contribution >= 0.6 is 0 Å². The van der Waals surface area contributed by atoms with Crippen LogP contribution in [0.2, 0.25) is 0 Å². The fourth-order valence-electron chi connectivity index (χ4n) is 5.71. The van der Waals surface area contributed by atoms with Crippen LogP contribution < -0.4 is 10.2 Å². The van der Waals surface area contributed by atoms with Gasteiger partial charge in [0.1, 0.15) is 0 Å². The van der Waals surface area contributed by atoms with Crippen LogP contribution in [0.25, 0.3) is 11.1 Å². The van der Waals surface area contributed by atoms with Crippen molar-refractivity contribution in [1.82, 2.24) is 0 Å². The minimum Gasteiger partial charge on any atom is -0.375 e. The summed E-state index contributed by atoms with van der Waals surface area (Å²) in [4.78, 5) is 2.38. The normalized spacial score (nSPS) is 11.7. The molecule has 0 amide bonds. The molecule has 5 aromatic carbocycles. The molecule has 0 aromatic heterocycles. The second kappa shape index (κ2) is 12.1. The standard InChI is InChI=1S/C39H42N2/c1-6-39(7-2,40-33-28-24-31(25-29-33)30-22-26-32(27-23-30)38(3,4)5)36-20-14-15-21-37(36)41(34-16-10-8-11-17-34)35-18-12-9-13-19-35/h8-29,40H,6-7H2,1-5H3. The first-order valence-corrected chi connectivity index (χ1v) is 14.8. The molecular formula is C39H42N2. The Bertz CT molecular complexity index is 1490. The van der Waals surface area contributed by atoms with Crippen molar-refractivity contribution in [1.29, 1.82) is 0 Å². The molecule has 0 aliphatic rings. The summed E-state index contributed by atoms with van der Waals surface area (Å²) in [6, 6.07) is 48.1. The van der Waals surface area contributed by atoms with E-state index < -0.39 is 0 Å². The molecule has 0 heterocycles. The fraction of sp³-hybridized carbons (Fsp3) is 0.231. The molecule has 0 radical (unpaired) electrons. The minimum absolute atomic E-state index is 0.156. The van der Waals surface area contributed by atoms with Crippen LogP contribution in [0.5, 0.6) is 0 Å². The maximum absolute atomic E-state index is 3.99. The van der Waals surface area contributed by atoms with E-state index in [1.54, 1.807) is 0 Å². The first kappa shape index (κ1) is 28.2. The molecule has 0 saturated carbocycles. The lowest BCUT2D eigenvalue weighted by Gasteiger charge is -2.39. The first-order chi connectivity index (χ1) is 19.8. The predicted molar refractivity (Wildman–Crippen MR) is 178 cm³/mol. The molecule has 0 aliphatic carbocycles. The highest BCUT2D eigenvalue weighted by molar-refractivity contribution is 5.79. The molecule has 5 aromatic rings. The number of rotatable bonds is 9. The monoisotopic (exact) mass is 538 g/mol. The lowest BCUT2D eigenvalue weighted by molar-refractivity contribution is 0.455. The Morgan fingerprint density at radius 2 is 1.00 bits per heavy atom. The van der Waals surface area contributed by atoms with E-state index >= 15 is 0 Å². The van der Waals surface area contributed by atoms with Crippen molar-refractivity contribution in [2.75, 3.05) is 10.2 Å². The van der Waals surface area contributed by atoms with Crippen molar-refractivity contribution in [3.8, 4) is 11.1 Å². The summed E-state index contributed by atoms with van der Waals surface area (Å²) in [6.45, 7) is 11.3. The van der Waals surface area contributed by atoms with E-state index in [4.69, 9.17) is 0 Å². The van der Waals surface area contributed by atoms with Gasteiger partial charge in [0.2, 0.25) is 0 Å². The van der Waals surface area contributed by atoms with E-state index in [2.05, 4.69) is 178 Å². The highest BCUT2D eigenvalue weighted by Crippen LogP contribution is 2.44. The maximum Gasteiger partial charge on any atom is 0.0640 e. The second-order valence-electron chi connectivity index (χ2n) is 11.8. The van der Waals surface area contributed by atoms with Crippen LogP contribution in [0.1, 0.15) is 58.6 Å². The van der Waals surface area contributed by atoms with Gasteiger partial charge in [-0.1, -0.05) is 126 Å². The van der Waals surface area contributed by atoms with Crippen molar-refractivity contribution in [3.05, 3.63) is 145 Å². The van der Waals surface area contributed by atoms with Gasteiger partial charge in [0.05, 0.1) is 11.2 Å². The molecule has 1 N–H and O–H groups in total. The highest BCUT2D eigenvalue weighted by Gasteiger charge is 2.32. The third-order valence-electron chi connectivity index (χ3n) is 8.25. The molecule has 0 bridgehead atoms. The zero-order chi connectivity index (χ0) is 28.9. The van der Waals surface area contributed by atoms with E-state index in [1.165, 1.54) is 27.9 Å². The second-order valence-corrected chi connectivity index (χ2v) is 11.8. The van der Waals surface area contributed by atoms with Crippen LogP contribution in [0.15, 0.2) is 133 Å². The van der Waals surface area contributed by atoms with Gasteiger partial charge in [-0.25, -0.2) is 0 Å². The van der Waals surface area contributed by atoms with E-state index in [0.717, 1.165) is 29.9 Å². The molecule has 0 spiro atoms. The van der Waals surface area contributed by atoms with Crippen molar-refractivity contribution in [3.63, 3.8) is 0 Å². The van der Waals surface area contributed by atoms with Crippen molar-refractivity contribution in [2.24, 2.45) is 0 Å². The topological polar surface area (TPSA) is 15.3 Å². The van der Waals surface area contributed by atoms with Crippen LogP contribution in [0.4, 0.5) is 22.7 Å². The van der Waals surface area contributed by atoms with E-state index in [1.807, 2.05) is 0 Å². The zero-order valence-electron chi connectivity index (χ0n) is 25.1. The number of hydrogen-bond acceptors (Lipinski definition) is 2. The minimum atomic E-state index is -0.242. The quantitative estimate of drug-likeness (QED) is 0.201. The smallest absolute Gasteiger partial charge is 0.0640 e. The van der Waals surface area contributed by atoms with Gasteiger partial charge in [-0.3, -0.25) is 0 Å². The van der Waals surface area contributed by atoms with Gasteiger partial charge < -0.3 is 10.2 Å². The number of nitrogens with one attached hydrogen (secondary N) is 1. The lowest BCUT2D eigenvalue weighted by atomic mass is 9.82. The summed E-state index contributed by atoms with van der Waals surface area (Å²) in [6.07, 6.45) is 1.90. The highest BCUT2D eigenvalue weighted by atomic mass is 15.2. The average molecular weight is 539 g/mol. The molecule has 208 valence electrons. The van der Waals surface area contributed by atoms with Gasteiger partial charge in [-0.2, -0.15) is 0 Å². The predicted octanol–water partition coefficient (Wildman–Crippen LogP) is 11.2. The third-order valence-corrected chi connectivity index (χ3v) is 8.25. The van der Waals surface area contributed by atoms with Gasteiger partial charge in [-0.05, 0) is 77.4 Å². The Labute approximate surface area is 246 Å². The summed E-state index contributed by atoms with van der Waals surface area (Å²) >= 11 is 0. The first-order valence-electron chi connectivity index (χ1n) is 14.8. The molecule has 2 nitrogen and oxygen atoms in total. The summed E-state index contributed by atoms with van der Waals surface area (Å²) in [5.41, 5.74) is 9.65. The number of hydrogen-bond donors (Lipinski definition) is 1. The van der Waals surface area contributed by atoms with Crippen LogP contribution in [-0.2, 0) is 11.0 Å². The van der Waals surface area contributed by atoms with E-state index in [9.17, 15) is 0 Å². The lowest BCUT2D eigenvalue weighted by Crippen LogP contribution is -2.35. The van der Waals surface area contributed by atoms with Gasteiger partial charge in [-0.15, -0.1) is 0 Å². The summed E-state index contributed by atoms with van der Waals surface area (Å²) in [7, 11) is 0. The van der Waals surface area contributed by atoms with Gasteiger partial charge in [0.25, 0.3) is 0 Å². The largest absolute Gasteiger partial charge is 0.375 e. The Morgan fingerprint density at radius 3 is 1.49 bits per heavy atom. The molecule has 0 aliphatic heterocycles. The fourth-order valence-corrected chi connectivity index (χ4v) is 5.71. The van der Waals surface area contributed by atoms with E-state index in [0.29, 0.717) is 0 Å². The van der Waals surface area contributed by atoms with Crippen molar-refractivity contribution >= 4 is 22.7 Å². The van der Waals surface area contributed by atoms with Crippen LogP contribution in [-0.4, -0.2) is 0 Å². The molecule has 5 rings (SSSR count). The van der Waals surface area contributed by atoms with E-state index in [-0.39, 0.29) is 11.0 Å². The van der Waals surface area contributed by atoms with Gasteiger partial charge >= 0.3 is 0 Å². The number of benzene rings is 5. The molecule has 41 heavy (non-hydrogen) atoms. The Kier molecular flexibility index (Phi) is 8.31. The maximum atomic E-state index is 3.99. The Hall–Kier alpha value is -4.30. The molecular weight excluding hydrogens is 496 g/mol. The average Bonchev–Trinajstić information content (AvgIpc) is 3.01. The Morgan fingerprint density at radius 1 is 0.537 bits per heavy atom. The Balaban J connectivity index is 1.51. The molecule has 0 atom stereocenters. The molecule has 0 unspecified atom stereocenters. The third kappa shape index (κ3) is 6.07. The van der Waals surface area contributed by atoms with Crippen molar-refractivity contribution < 1.29 is 0 Å². The van der Waals surface area contributed by atoms with Crippen LogP contribution in [0.3, 0.4) is 0 Å².